The SMILES string of the molecule is C=CCC(NC(=O)N(C)Cc1ccccc1)C(=O)O. The normalized spacial score (nSPS) is 11.4. The van der Waals surface area contributed by atoms with Gasteiger partial charge in [-0.2, -0.15) is 0 Å². The molecule has 102 valence electrons. The largest absolute Gasteiger partial charge is 0.480 e. The lowest BCUT2D eigenvalue weighted by molar-refractivity contribution is -0.139. The molecule has 5 nitrogen and oxygen atoms in total. The summed E-state index contributed by atoms with van der Waals surface area (Å²) >= 11 is 0. The molecule has 5 heteroatoms. The average Bonchev–Trinajstić information content (AvgIpc) is 2.39. The van der Waals surface area contributed by atoms with Gasteiger partial charge in [0.2, 0.25) is 0 Å². The summed E-state index contributed by atoms with van der Waals surface area (Å²) in [6.07, 6.45) is 1.66. The molecule has 0 saturated heterocycles. The Labute approximate surface area is 112 Å². The molecule has 0 radical (unpaired) electrons. The number of aliphatic carboxylic acids is 1. The summed E-state index contributed by atoms with van der Waals surface area (Å²) in [7, 11) is 1.62. The molecule has 0 aliphatic heterocycles. The molecule has 0 aliphatic rings. The Balaban J connectivity index is 2.56. The monoisotopic (exact) mass is 262 g/mol. The van der Waals surface area contributed by atoms with E-state index in [1.54, 1.807) is 7.05 Å². The summed E-state index contributed by atoms with van der Waals surface area (Å²) in [5.74, 6) is -1.07. The van der Waals surface area contributed by atoms with Crippen LogP contribution in [0.25, 0.3) is 0 Å². The molecule has 1 aromatic carbocycles. The summed E-state index contributed by atoms with van der Waals surface area (Å²) in [4.78, 5) is 24.2. The number of nitrogens with one attached hydrogen (secondary N) is 1. The fourth-order valence-corrected chi connectivity index (χ4v) is 1.58. The van der Waals surface area contributed by atoms with Gasteiger partial charge in [-0.05, 0) is 12.0 Å². The summed E-state index contributed by atoms with van der Waals surface area (Å²) in [5.41, 5.74) is 0.982. The minimum absolute atomic E-state index is 0.195. The van der Waals surface area contributed by atoms with Gasteiger partial charge in [0.05, 0.1) is 0 Å². The lowest BCUT2D eigenvalue weighted by atomic mass is 10.2. The number of carboxylic acids is 1. The first-order valence-corrected chi connectivity index (χ1v) is 5.94. The molecule has 1 aromatic rings. The molecule has 19 heavy (non-hydrogen) atoms. The maximum Gasteiger partial charge on any atom is 0.326 e. The second-order valence-corrected chi connectivity index (χ2v) is 4.21. The van der Waals surface area contributed by atoms with Crippen LogP contribution in [-0.2, 0) is 11.3 Å². The molecule has 0 aliphatic carbocycles. The van der Waals surface area contributed by atoms with Crippen LogP contribution in [0.4, 0.5) is 4.79 Å². The fourth-order valence-electron chi connectivity index (χ4n) is 1.58. The van der Waals surface area contributed by atoms with E-state index < -0.39 is 18.0 Å². The highest BCUT2D eigenvalue weighted by Crippen LogP contribution is 2.03. The van der Waals surface area contributed by atoms with Crippen LogP contribution in [0.2, 0.25) is 0 Å². The van der Waals surface area contributed by atoms with E-state index in [0.29, 0.717) is 6.54 Å². The molecule has 0 saturated carbocycles. The number of amides is 2. The molecule has 2 amide bonds. The van der Waals surface area contributed by atoms with Crippen LogP contribution in [-0.4, -0.2) is 35.1 Å². The summed E-state index contributed by atoms with van der Waals surface area (Å²) in [6, 6.07) is 8.12. The van der Waals surface area contributed by atoms with Gasteiger partial charge in [-0.1, -0.05) is 36.4 Å². The van der Waals surface area contributed by atoms with Gasteiger partial charge in [-0.15, -0.1) is 6.58 Å². The number of rotatable bonds is 6. The van der Waals surface area contributed by atoms with Gasteiger partial charge in [-0.25, -0.2) is 9.59 Å². The van der Waals surface area contributed by atoms with E-state index in [9.17, 15) is 9.59 Å². The van der Waals surface area contributed by atoms with Crippen LogP contribution in [0, 0.1) is 0 Å². The van der Waals surface area contributed by atoms with Gasteiger partial charge >= 0.3 is 12.0 Å². The van der Waals surface area contributed by atoms with Gasteiger partial charge in [0, 0.05) is 13.6 Å². The van der Waals surface area contributed by atoms with Crippen LogP contribution in [0.15, 0.2) is 43.0 Å². The first-order chi connectivity index (χ1) is 9.04. The zero-order chi connectivity index (χ0) is 14.3. The number of nitrogens with zero attached hydrogens (tertiary/aromatic N) is 1. The molecule has 2 N–H and O–H groups in total. The van der Waals surface area contributed by atoms with Crippen molar-refractivity contribution in [2.24, 2.45) is 0 Å². The lowest BCUT2D eigenvalue weighted by Gasteiger charge is -2.20. The first kappa shape index (κ1) is 14.8. The molecule has 0 bridgehead atoms. The lowest BCUT2D eigenvalue weighted by Crippen LogP contribution is -2.46. The first-order valence-electron chi connectivity index (χ1n) is 5.94. The second-order valence-electron chi connectivity index (χ2n) is 4.21. The Morgan fingerprint density at radius 3 is 2.58 bits per heavy atom. The van der Waals surface area contributed by atoms with E-state index in [2.05, 4.69) is 11.9 Å². The average molecular weight is 262 g/mol. The number of carbonyl (C=O) groups is 2. The molecule has 0 spiro atoms. The van der Waals surface area contributed by atoms with Gasteiger partial charge < -0.3 is 15.3 Å². The van der Waals surface area contributed by atoms with Crippen molar-refractivity contribution < 1.29 is 14.7 Å². The molecule has 1 unspecified atom stereocenters. The zero-order valence-corrected chi connectivity index (χ0v) is 10.9. The highest BCUT2D eigenvalue weighted by Gasteiger charge is 2.20. The zero-order valence-electron chi connectivity index (χ0n) is 10.9. The van der Waals surface area contributed by atoms with Crippen LogP contribution in [0.3, 0.4) is 0 Å². The number of benzene rings is 1. The van der Waals surface area contributed by atoms with Crippen molar-refractivity contribution in [3.05, 3.63) is 48.6 Å². The van der Waals surface area contributed by atoms with Crippen LogP contribution < -0.4 is 5.32 Å². The van der Waals surface area contributed by atoms with Crippen molar-refractivity contribution in [3.63, 3.8) is 0 Å². The number of carbonyl (C=O) groups excluding carboxylic acids is 1. The summed E-state index contributed by atoms with van der Waals surface area (Å²) in [6.45, 7) is 3.90. The molecule has 1 atom stereocenters. The van der Waals surface area contributed by atoms with E-state index in [-0.39, 0.29) is 6.42 Å². The molecule has 1 rings (SSSR count). The quantitative estimate of drug-likeness (QED) is 0.769. The minimum Gasteiger partial charge on any atom is -0.480 e. The Morgan fingerprint density at radius 1 is 1.42 bits per heavy atom. The van der Waals surface area contributed by atoms with Crippen molar-refractivity contribution in [3.8, 4) is 0 Å². The van der Waals surface area contributed by atoms with Crippen molar-refractivity contribution in [1.29, 1.82) is 0 Å². The summed E-state index contributed by atoms with van der Waals surface area (Å²) in [5, 5.41) is 11.4. The van der Waals surface area contributed by atoms with Crippen molar-refractivity contribution in [2.75, 3.05) is 7.05 Å². The predicted octanol–water partition coefficient (Wildman–Crippen LogP) is 1.86. The Kier molecular flexibility index (Phi) is 5.60. The van der Waals surface area contributed by atoms with Gasteiger partial charge in [0.15, 0.2) is 0 Å². The maximum atomic E-state index is 11.9. The molecule has 0 fully saturated rings. The summed E-state index contributed by atoms with van der Waals surface area (Å²) < 4.78 is 0. The highest BCUT2D eigenvalue weighted by atomic mass is 16.4. The number of hydrogen-bond acceptors (Lipinski definition) is 2. The number of carboxylic acid groups (broad SMARTS) is 1. The third kappa shape index (κ3) is 4.83. The molecule has 0 aromatic heterocycles. The van der Waals surface area contributed by atoms with E-state index in [0.717, 1.165) is 5.56 Å². The maximum absolute atomic E-state index is 11.9. The molecule has 0 heterocycles. The van der Waals surface area contributed by atoms with Crippen molar-refractivity contribution in [2.45, 2.75) is 19.0 Å². The van der Waals surface area contributed by atoms with Crippen LogP contribution in [0.1, 0.15) is 12.0 Å². The number of hydrogen-bond donors (Lipinski definition) is 2. The smallest absolute Gasteiger partial charge is 0.326 e. The van der Waals surface area contributed by atoms with E-state index in [1.165, 1.54) is 11.0 Å². The van der Waals surface area contributed by atoms with E-state index in [1.807, 2.05) is 30.3 Å². The van der Waals surface area contributed by atoms with Crippen LogP contribution >= 0.6 is 0 Å². The van der Waals surface area contributed by atoms with E-state index in [4.69, 9.17) is 5.11 Å². The van der Waals surface area contributed by atoms with E-state index >= 15 is 0 Å². The van der Waals surface area contributed by atoms with Gasteiger partial charge in [0.1, 0.15) is 6.04 Å². The van der Waals surface area contributed by atoms with Crippen LogP contribution in [0.5, 0.6) is 0 Å². The van der Waals surface area contributed by atoms with Crippen molar-refractivity contribution in [1.82, 2.24) is 10.2 Å². The fraction of sp³-hybridized carbons (Fsp3) is 0.286. The van der Waals surface area contributed by atoms with Crippen molar-refractivity contribution >= 4 is 12.0 Å². The third-order valence-corrected chi connectivity index (χ3v) is 2.61. The Morgan fingerprint density at radius 2 is 2.05 bits per heavy atom. The molecular weight excluding hydrogens is 244 g/mol. The Hall–Kier alpha value is -2.30. The Bertz CT molecular complexity index is 445. The molecular formula is C14H18N2O3. The highest BCUT2D eigenvalue weighted by molar-refractivity contribution is 5.82. The standard InChI is InChI=1S/C14H18N2O3/c1-3-7-12(13(17)18)15-14(19)16(2)10-11-8-5-4-6-9-11/h3-6,8-9,12H,1,7,10H2,2H3,(H,15,19)(H,17,18). The third-order valence-electron chi connectivity index (χ3n) is 2.61. The van der Waals surface area contributed by atoms with Gasteiger partial charge in [-0.3, -0.25) is 0 Å². The topological polar surface area (TPSA) is 69.6 Å². The second kappa shape index (κ2) is 7.20. The van der Waals surface area contributed by atoms with Gasteiger partial charge in [0.25, 0.3) is 0 Å². The predicted molar refractivity (Wildman–Crippen MR) is 72.7 cm³/mol. The minimum atomic E-state index is -1.07. The number of urea groups is 1.